The summed E-state index contributed by atoms with van der Waals surface area (Å²) in [4.78, 5) is 21.6. The Morgan fingerprint density at radius 2 is 1.82 bits per heavy atom. The zero-order chi connectivity index (χ0) is 16.3. The van der Waals surface area contributed by atoms with Crippen LogP contribution in [0.4, 0.5) is 11.4 Å². The standard InChI is InChI=1S/C16H22N4OS/c1-11-15(22-14(17-11)10-19(2)3)16(21)18-12-6-8-13(9-7-12)20(4)5/h6-9H,10H2,1-5H3,(H,18,21). The van der Waals surface area contributed by atoms with Gasteiger partial charge in [0.25, 0.3) is 5.91 Å². The second-order valence-electron chi connectivity index (χ2n) is 5.66. The maximum absolute atomic E-state index is 12.4. The average molecular weight is 318 g/mol. The van der Waals surface area contributed by atoms with Crippen LogP contribution in [0.1, 0.15) is 20.4 Å². The molecular formula is C16H22N4OS. The number of carbonyl (C=O) groups is 1. The third-order valence-electron chi connectivity index (χ3n) is 3.14. The number of aryl methyl sites for hydroxylation is 1. The van der Waals surface area contributed by atoms with E-state index in [-0.39, 0.29) is 5.91 Å². The van der Waals surface area contributed by atoms with Crippen LogP contribution in [0.15, 0.2) is 24.3 Å². The third kappa shape index (κ3) is 4.05. The highest BCUT2D eigenvalue weighted by molar-refractivity contribution is 7.13. The molecule has 0 atom stereocenters. The first-order valence-electron chi connectivity index (χ1n) is 7.06. The van der Waals surface area contributed by atoms with Crippen LogP contribution >= 0.6 is 11.3 Å². The van der Waals surface area contributed by atoms with Gasteiger partial charge in [-0.1, -0.05) is 0 Å². The van der Waals surface area contributed by atoms with E-state index in [4.69, 9.17) is 0 Å². The molecule has 1 amide bonds. The lowest BCUT2D eigenvalue weighted by Gasteiger charge is -2.12. The molecule has 1 heterocycles. The minimum absolute atomic E-state index is 0.0994. The van der Waals surface area contributed by atoms with Crippen LogP contribution in [0, 0.1) is 6.92 Å². The van der Waals surface area contributed by atoms with Gasteiger partial charge < -0.3 is 15.1 Å². The molecule has 0 fully saturated rings. The predicted octanol–water partition coefficient (Wildman–Crippen LogP) is 2.83. The first kappa shape index (κ1) is 16.5. The monoisotopic (exact) mass is 318 g/mol. The zero-order valence-electron chi connectivity index (χ0n) is 13.7. The van der Waals surface area contributed by atoms with Crippen molar-refractivity contribution in [2.75, 3.05) is 38.4 Å². The fraction of sp³-hybridized carbons (Fsp3) is 0.375. The lowest BCUT2D eigenvalue weighted by Crippen LogP contribution is -2.12. The number of anilines is 2. The van der Waals surface area contributed by atoms with Gasteiger partial charge in [-0.25, -0.2) is 4.98 Å². The lowest BCUT2D eigenvalue weighted by molar-refractivity contribution is 0.103. The molecule has 1 N–H and O–H groups in total. The quantitative estimate of drug-likeness (QED) is 0.921. The Balaban J connectivity index is 2.10. The Kier molecular flexibility index (Phi) is 5.15. The van der Waals surface area contributed by atoms with Crippen molar-refractivity contribution in [2.24, 2.45) is 0 Å². The minimum atomic E-state index is -0.0994. The van der Waals surface area contributed by atoms with Crippen LogP contribution < -0.4 is 10.2 Å². The molecule has 0 saturated heterocycles. The number of amides is 1. The van der Waals surface area contributed by atoms with E-state index >= 15 is 0 Å². The summed E-state index contributed by atoms with van der Waals surface area (Å²) in [5.41, 5.74) is 2.67. The van der Waals surface area contributed by atoms with Crippen molar-refractivity contribution in [3.63, 3.8) is 0 Å². The van der Waals surface area contributed by atoms with Crippen LogP contribution in [0.3, 0.4) is 0 Å². The number of nitrogens with one attached hydrogen (secondary N) is 1. The second kappa shape index (κ2) is 6.89. The van der Waals surface area contributed by atoms with E-state index in [2.05, 4.69) is 10.3 Å². The van der Waals surface area contributed by atoms with E-state index in [0.29, 0.717) is 4.88 Å². The summed E-state index contributed by atoms with van der Waals surface area (Å²) >= 11 is 1.45. The molecule has 0 aliphatic carbocycles. The molecule has 2 rings (SSSR count). The van der Waals surface area contributed by atoms with Crippen molar-refractivity contribution in [1.29, 1.82) is 0 Å². The molecule has 0 spiro atoms. The Morgan fingerprint density at radius 3 is 2.36 bits per heavy atom. The summed E-state index contributed by atoms with van der Waals surface area (Å²) in [5.74, 6) is -0.0994. The number of rotatable bonds is 5. The third-order valence-corrected chi connectivity index (χ3v) is 4.28. The molecule has 0 saturated carbocycles. The summed E-state index contributed by atoms with van der Waals surface area (Å²) in [6.07, 6.45) is 0. The highest BCUT2D eigenvalue weighted by Gasteiger charge is 2.15. The fourth-order valence-corrected chi connectivity index (χ4v) is 3.11. The molecule has 6 heteroatoms. The van der Waals surface area contributed by atoms with Gasteiger partial charge in [0.15, 0.2) is 0 Å². The van der Waals surface area contributed by atoms with Gasteiger partial charge >= 0.3 is 0 Å². The molecule has 0 unspecified atom stereocenters. The van der Waals surface area contributed by atoms with Crippen molar-refractivity contribution in [1.82, 2.24) is 9.88 Å². The topological polar surface area (TPSA) is 48.5 Å². The van der Waals surface area contributed by atoms with Crippen LogP contribution in [0.5, 0.6) is 0 Å². The molecule has 1 aromatic heterocycles. The van der Waals surface area contributed by atoms with Crippen molar-refractivity contribution >= 4 is 28.6 Å². The van der Waals surface area contributed by atoms with E-state index < -0.39 is 0 Å². The summed E-state index contributed by atoms with van der Waals surface area (Å²) in [7, 11) is 7.95. The second-order valence-corrected chi connectivity index (χ2v) is 6.74. The lowest BCUT2D eigenvalue weighted by atomic mass is 10.2. The fourth-order valence-electron chi connectivity index (χ4n) is 2.03. The van der Waals surface area contributed by atoms with Gasteiger partial charge in [-0.3, -0.25) is 4.79 Å². The Morgan fingerprint density at radius 1 is 1.18 bits per heavy atom. The molecule has 2 aromatic rings. The van der Waals surface area contributed by atoms with Crippen LogP contribution in [-0.4, -0.2) is 44.0 Å². The van der Waals surface area contributed by atoms with Gasteiger partial charge in [-0.15, -0.1) is 11.3 Å². The molecule has 118 valence electrons. The molecule has 0 bridgehead atoms. The van der Waals surface area contributed by atoms with E-state index in [0.717, 1.165) is 28.6 Å². The summed E-state index contributed by atoms with van der Waals surface area (Å²) < 4.78 is 0. The molecule has 22 heavy (non-hydrogen) atoms. The number of benzene rings is 1. The number of nitrogens with zero attached hydrogens (tertiary/aromatic N) is 3. The number of hydrogen-bond donors (Lipinski definition) is 1. The Labute approximate surface area is 135 Å². The smallest absolute Gasteiger partial charge is 0.267 e. The van der Waals surface area contributed by atoms with E-state index in [1.165, 1.54) is 11.3 Å². The number of thiazole rings is 1. The van der Waals surface area contributed by atoms with Crippen LogP contribution in [0.2, 0.25) is 0 Å². The van der Waals surface area contributed by atoms with Gasteiger partial charge in [0.2, 0.25) is 0 Å². The number of carbonyl (C=O) groups excluding carboxylic acids is 1. The van der Waals surface area contributed by atoms with Gasteiger partial charge in [-0.05, 0) is 45.3 Å². The molecule has 0 aliphatic rings. The molecule has 5 nitrogen and oxygen atoms in total. The minimum Gasteiger partial charge on any atom is -0.378 e. The van der Waals surface area contributed by atoms with Gasteiger partial charge in [0.05, 0.1) is 5.69 Å². The van der Waals surface area contributed by atoms with Crippen molar-refractivity contribution in [2.45, 2.75) is 13.5 Å². The van der Waals surface area contributed by atoms with E-state index in [1.807, 2.05) is 69.2 Å². The molecule has 0 radical (unpaired) electrons. The largest absolute Gasteiger partial charge is 0.378 e. The van der Waals surface area contributed by atoms with Gasteiger partial charge in [0.1, 0.15) is 9.88 Å². The maximum atomic E-state index is 12.4. The summed E-state index contributed by atoms with van der Waals surface area (Å²) in [6, 6.07) is 7.77. The zero-order valence-corrected chi connectivity index (χ0v) is 14.5. The molecule has 0 aliphatic heterocycles. The maximum Gasteiger partial charge on any atom is 0.267 e. The highest BCUT2D eigenvalue weighted by atomic mass is 32.1. The Bertz CT molecular complexity index is 647. The van der Waals surface area contributed by atoms with Crippen LogP contribution in [0.25, 0.3) is 0 Å². The van der Waals surface area contributed by atoms with E-state index in [1.54, 1.807) is 0 Å². The van der Waals surface area contributed by atoms with Gasteiger partial charge in [0, 0.05) is 32.0 Å². The SMILES string of the molecule is Cc1nc(CN(C)C)sc1C(=O)Nc1ccc(N(C)C)cc1. The van der Waals surface area contributed by atoms with Crippen molar-refractivity contribution < 1.29 is 4.79 Å². The molecular weight excluding hydrogens is 296 g/mol. The first-order chi connectivity index (χ1) is 10.4. The normalized spacial score (nSPS) is 10.8. The molecule has 1 aromatic carbocycles. The van der Waals surface area contributed by atoms with Crippen molar-refractivity contribution in [3.8, 4) is 0 Å². The summed E-state index contributed by atoms with van der Waals surface area (Å²) in [6.45, 7) is 2.62. The first-order valence-corrected chi connectivity index (χ1v) is 7.88. The number of hydrogen-bond acceptors (Lipinski definition) is 5. The average Bonchev–Trinajstić information content (AvgIpc) is 2.79. The van der Waals surface area contributed by atoms with Crippen molar-refractivity contribution in [3.05, 3.63) is 39.8 Å². The number of aromatic nitrogens is 1. The highest BCUT2D eigenvalue weighted by Crippen LogP contribution is 2.21. The predicted molar refractivity (Wildman–Crippen MR) is 93.0 cm³/mol. The van der Waals surface area contributed by atoms with Gasteiger partial charge in [-0.2, -0.15) is 0 Å². The van der Waals surface area contributed by atoms with E-state index in [9.17, 15) is 4.79 Å². The van der Waals surface area contributed by atoms with Crippen LogP contribution in [-0.2, 0) is 6.54 Å². The Hall–Kier alpha value is -1.92. The summed E-state index contributed by atoms with van der Waals surface area (Å²) in [5, 5.41) is 3.89.